The molecule has 9 rings (SSSR count). The van der Waals surface area contributed by atoms with Crippen LogP contribution in [-0.2, 0) is 35.6 Å². The molecule has 372 valence electrons. The molecule has 4 aliphatic rings. The minimum Gasteiger partial charge on any atom is -0.493 e. The van der Waals surface area contributed by atoms with Gasteiger partial charge in [-0.2, -0.15) is 0 Å². The lowest BCUT2D eigenvalue weighted by Crippen LogP contribution is -2.41. The average molecular weight is 997 g/mol. The van der Waals surface area contributed by atoms with Gasteiger partial charge in [0.05, 0.1) is 41.7 Å². The zero-order valence-electron chi connectivity index (χ0n) is 41.9. The molecular formula is C56H64N6O7S2. The molecule has 0 spiro atoms. The first-order valence-electron chi connectivity index (χ1n) is 24.4. The SMILES string of the molecule is CNC(=O)CCC(C)SSC(C)(C)CCC(=O)Nc1cc(COc2cc3c(cc2C)C(=O)N2c4ccccc4C[C@H]2CN3C)cc(COc2cc3c(cc2OC)C(=O)N2c4ccccc4C[C@H]2CN3C)c1. The van der Waals surface area contributed by atoms with Crippen molar-refractivity contribution in [1.82, 2.24) is 5.32 Å². The summed E-state index contributed by atoms with van der Waals surface area (Å²) in [4.78, 5) is 62.1. The van der Waals surface area contributed by atoms with Crippen LogP contribution in [0.15, 0.2) is 91.0 Å². The van der Waals surface area contributed by atoms with E-state index in [1.54, 1.807) is 41.8 Å². The van der Waals surface area contributed by atoms with Gasteiger partial charge in [-0.3, -0.25) is 19.2 Å². The van der Waals surface area contributed by atoms with Crippen LogP contribution >= 0.6 is 21.6 Å². The Hall–Kier alpha value is -6.32. The van der Waals surface area contributed by atoms with Crippen molar-refractivity contribution in [3.8, 4) is 17.2 Å². The number of hydrogen-bond acceptors (Lipinski definition) is 11. The van der Waals surface area contributed by atoms with E-state index in [-0.39, 0.29) is 58.9 Å². The van der Waals surface area contributed by atoms with Gasteiger partial charge in [-0.25, -0.2) is 0 Å². The molecule has 5 aromatic rings. The molecule has 0 fully saturated rings. The highest BCUT2D eigenvalue weighted by atomic mass is 33.1. The minimum atomic E-state index is -0.185. The summed E-state index contributed by atoms with van der Waals surface area (Å²) in [6.07, 6.45) is 3.82. The van der Waals surface area contributed by atoms with Crippen LogP contribution in [0, 0.1) is 6.92 Å². The number of carbonyl (C=O) groups excluding carboxylic acids is 4. The van der Waals surface area contributed by atoms with Gasteiger partial charge in [0.25, 0.3) is 11.8 Å². The Morgan fingerprint density at radius 2 is 1.27 bits per heavy atom. The van der Waals surface area contributed by atoms with E-state index in [0.29, 0.717) is 66.4 Å². The van der Waals surface area contributed by atoms with E-state index in [1.165, 1.54) is 11.1 Å². The third-order valence-electron chi connectivity index (χ3n) is 14.0. The largest absolute Gasteiger partial charge is 0.493 e. The Kier molecular flexibility index (Phi) is 14.5. The molecular weight excluding hydrogens is 933 g/mol. The molecule has 1 unspecified atom stereocenters. The van der Waals surface area contributed by atoms with Crippen molar-refractivity contribution in [1.29, 1.82) is 0 Å². The maximum absolute atomic E-state index is 14.3. The number of benzene rings is 5. The van der Waals surface area contributed by atoms with E-state index in [4.69, 9.17) is 14.2 Å². The molecule has 2 N–H and O–H groups in total. The molecule has 13 nitrogen and oxygen atoms in total. The van der Waals surface area contributed by atoms with Crippen LogP contribution in [-0.4, -0.2) is 87.1 Å². The van der Waals surface area contributed by atoms with Gasteiger partial charge < -0.3 is 44.4 Å². The summed E-state index contributed by atoms with van der Waals surface area (Å²) in [5, 5.41) is 6.14. The predicted octanol–water partition coefficient (Wildman–Crippen LogP) is 10.00. The molecule has 0 saturated heterocycles. The first-order chi connectivity index (χ1) is 34.1. The molecule has 3 atom stereocenters. The molecule has 0 bridgehead atoms. The fourth-order valence-corrected chi connectivity index (χ4v) is 12.8. The zero-order chi connectivity index (χ0) is 50.1. The molecule has 4 amide bonds. The smallest absolute Gasteiger partial charge is 0.260 e. The highest BCUT2D eigenvalue weighted by molar-refractivity contribution is 8.77. The highest BCUT2D eigenvalue weighted by Gasteiger charge is 2.41. The van der Waals surface area contributed by atoms with E-state index in [1.807, 2.05) is 104 Å². The van der Waals surface area contributed by atoms with E-state index in [0.717, 1.165) is 58.7 Å². The quantitative estimate of drug-likeness (QED) is 0.0863. The third kappa shape index (κ3) is 10.7. The van der Waals surface area contributed by atoms with E-state index >= 15 is 0 Å². The topological polar surface area (TPSA) is 133 Å². The summed E-state index contributed by atoms with van der Waals surface area (Å²) in [5.74, 6) is 1.44. The number of ether oxygens (including phenoxy) is 3. The average Bonchev–Trinajstić information content (AvgIpc) is 3.86. The second-order valence-electron chi connectivity index (χ2n) is 19.9. The summed E-state index contributed by atoms with van der Waals surface area (Å²) in [6.45, 7) is 10.0. The van der Waals surface area contributed by atoms with Crippen molar-refractivity contribution in [2.24, 2.45) is 0 Å². The normalized spacial score (nSPS) is 17.2. The number of carbonyl (C=O) groups is 4. The standard InChI is InChI=1S/C56H64N6O7S2/c1-34-21-43-47(59(6)30-41-25-38-13-9-11-15-45(38)61(41)54(43)65)28-49(34)68-32-36-22-37(24-40(23-36)58-53(64)19-20-56(3,4)71-70-35(2)17-18-52(63)57-5)33-69-51-29-48-44(27-50(51)67-8)55(66)62-42(31-60(48)7)26-39-14-10-12-16-46(39)62/h9-16,21-24,27-29,35,41-42H,17-20,25-26,30-33H2,1-8H3,(H,57,63)(H,58,64)/t35?,41-,42-/m0/s1. The fraction of sp³-hybridized carbons (Fsp3) is 0.393. The van der Waals surface area contributed by atoms with Gasteiger partial charge in [0.1, 0.15) is 19.0 Å². The Morgan fingerprint density at radius 1 is 0.718 bits per heavy atom. The number of rotatable bonds is 17. The van der Waals surface area contributed by atoms with Gasteiger partial charge in [-0.15, -0.1) is 0 Å². The molecule has 0 radical (unpaired) electrons. The van der Waals surface area contributed by atoms with Crippen molar-refractivity contribution in [2.75, 3.05) is 66.3 Å². The first-order valence-corrected chi connectivity index (χ1v) is 26.7. The Bertz CT molecular complexity index is 2870. The van der Waals surface area contributed by atoms with Crippen molar-refractivity contribution in [3.63, 3.8) is 0 Å². The Balaban J connectivity index is 0.943. The number of nitrogens with one attached hydrogen (secondary N) is 2. The number of likely N-dealkylation sites (N-methyl/N-ethyl adjacent to an activating group) is 2. The van der Waals surface area contributed by atoms with Crippen molar-refractivity contribution in [2.45, 2.75) is 102 Å². The molecule has 5 aromatic carbocycles. The van der Waals surface area contributed by atoms with E-state index in [9.17, 15) is 19.2 Å². The Morgan fingerprint density at radius 3 is 1.85 bits per heavy atom. The van der Waals surface area contributed by atoms with E-state index < -0.39 is 0 Å². The van der Waals surface area contributed by atoms with Crippen LogP contribution in [0.2, 0.25) is 0 Å². The number of para-hydroxylation sites is 2. The second kappa shape index (κ2) is 20.8. The van der Waals surface area contributed by atoms with Gasteiger partial charge in [0.15, 0.2) is 11.5 Å². The molecule has 71 heavy (non-hydrogen) atoms. The third-order valence-corrected chi connectivity index (χ3v) is 17.9. The second-order valence-corrected chi connectivity index (χ2v) is 23.2. The predicted molar refractivity (Wildman–Crippen MR) is 287 cm³/mol. The van der Waals surface area contributed by atoms with Crippen LogP contribution < -0.4 is 44.4 Å². The van der Waals surface area contributed by atoms with Crippen LogP contribution in [0.5, 0.6) is 17.2 Å². The minimum absolute atomic E-state index is 0.00105. The lowest BCUT2D eigenvalue weighted by molar-refractivity contribution is -0.120. The summed E-state index contributed by atoms with van der Waals surface area (Å²) in [7, 11) is 10.8. The van der Waals surface area contributed by atoms with Gasteiger partial charge in [0, 0.05) is 86.3 Å². The zero-order valence-corrected chi connectivity index (χ0v) is 43.6. The number of amides is 4. The number of nitrogens with zero attached hydrogens (tertiary/aromatic N) is 4. The molecule has 0 aliphatic carbocycles. The lowest BCUT2D eigenvalue weighted by atomic mass is 10.1. The van der Waals surface area contributed by atoms with Crippen LogP contribution in [0.4, 0.5) is 28.4 Å². The number of anilines is 5. The summed E-state index contributed by atoms with van der Waals surface area (Å²) in [6, 6.07) is 29.7. The van der Waals surface area contributed by atoms with Crippen molar-refractivity contribution in [3.05, 3.63) is 130 Å². The molecule has 0 aromatic heterocycles. The van der Waals surface area contributed by atoms with Gasteiger partial charge >= 0.3 is 0 Å². The van der Waals surface area contributed by atoms with Crippen LogP contribution in [0.1, 0.15) is 95.0 Å². The number of methoxy groups -OCH3 is 1. The molecule has 15 heteroatoms. The Labute approximate surface area is 425 Å². The summed E-state index contributed by atoms with van der Waals surface area (Å²) < 4.78 is 18.9. The van der Waals surface area contributed by atoms with Crippen LogP contribution in [0.25, 0.3) is 0 Å². The summed E-state index contributed by atoms with van der Waals surface area (Å²) >= 11 is 0. The van der Waals surface area contributed by atoms with Gasteiger partial charge in [-0.1, -0.05) is 64.9 Å². The molecule has 4 aliphatic heterocycles. The van der Waals surface area contributed by atoms with E-state index in [2.05, 4.69) is 53.3 Å². The lowest BCUT2D eigenvalue weighted by Gasteiger charge is -2.25. The van der Waals surface area contributed by atoms with Crippen LogP contribution in [0.3, 0.4) is 0 Å². The number of aryl methyl sites for hydroxylation is 1. The van der Waals surface area contributed by atoms with Crippen molar-refractivity contribution >= 4 is 73.7 Å². The number of hydrogen-bond donors (Lipinski definition) is 2. The van der Waals surface area contributed by atoms with Gasteiger partial charge in [-0.05, 0) is 117 Å². The maximum atomic E-state index is 14.3. The van der Waals surface area contributed by atoms with Crippen molar-refractivity contribution < 1.29 is 33.4 Å². The molecule has 4 heterocycles. The fourth-order valence-electron chi connectivity index (χ4n) is 10.2. The monoisotopic (exact) mass is 996 g/mol. The maximum Gasteiger partial charge on any atom is 0.260 e. The molecule has 0 saturated carbocycles. The first kappa shape index (κ1) is 49.7. The number of fused-ring (bicyclic) bond motifs is 8. The van der Waals surface area contributed by atoms with Gasteiger partial charge in [0.2, 0.25) is 11.8 Å². The highest BCUT2D eigenvalue weighted by Crippen LogP contribution is 2.45. The summed E-state index contributed by atoms with van der Waals surface area (Å²) in [5.41, 5.74) is 10.1.